The summed E-state index contributed by atoms with van der Waals surface area (Å²) in [5.74, 6) is -0.841. The number of nitro benzene ring substituents is 1. The fourth-order valence-electron chi connectivity index (χ4n) is 2.97. The van der Waals surface area contributed by atoms with Crippen LogP contribution < -0.4 is 10.6 Å². The molecule has 0 saturated heterocycles. The Balaban J connectivity index is 1.95. The van der Waals surface area contributed by atoms with Crippen molar-refractivity contribution in [3.8, 4) is 0 Å². The van der Waals surface area contributed by atoms with Gasteiger partial charge in [0.2, 0.25) is 5.91 Å². The molecule has 1 aliphatic carbocycles. The zero-order valence-electron chi connectivity index (χ0n) is 15.1. The highest BCUT2D eigenvalue weighted by Gasteiger charge is 2.19. The predicted octanol–water partition coefficient (Wildman–Crippen LogP) is 1.57. The number of rotatable bonds is 7. The summed E-state index contributed by atoms with van der Waals surface area (Å²) >= 11 is 0. The molecule has 10 heteroatoms. The van der Waals surface area contributed by atoms with Gasteiger partial charge in [0, 0.05) is 43.0 Å². The summed E-state index contributed by atoms with van der Waals surface area (Å²) in [4.78, 5) is 34.0. The van der Waals surface area contributed by atoms with Gasteiger partial charge in [-0.15, -0.1) is 0 Å². The molecule has 0 spiro atoms. The molecule has 0 aromatic heterocycles. The minimum atomic E-state index is -3.71. The second kappa shape index (κ2) is 8.94. The summed E-state index contributed by atoms with van der Waals surface area (Å²) in [6.07, 6.45) is 6.27. The highest BCUT2D eigenvalue weighted by molar-refractivity contribution is 7.90. The summed E-state index contributed by atoms with van der Waals surface area (Å²) in [7, 11) is -3.71. The lowest BCUT2D eigenvalue weighted by atomic mass is 9.95. The highest BCUT2D eigenvalue weighted by atomic mass is 32.2. The zero-order chi connectivity index (χ0) is 20.0. The number of sulfone groups is 1. The van der Waals surface area contributed by atoms with Crippen molar-refractivity contribution in [2.24, 2.45) is 0 Å². The minimum absolute atomic E-state index is 0.0499. The van der Waals surface area contributed by atoms with E-state index in [2.05, 4.69) is 10.6 Å². The van der Waals surface area contributed by atoms with Crippen LogP contribution in [0.5, 0.6) is 0 Å². The molecule has 0 unspecified atom stereocenters. The van der Waals surface area contributed by atoms with Crippen molar-refractivity contribution in [3.63, 3.8) is 0 Å². The molecule has 0 heterocycles. The molecule has 1 aromatic carbocycles. The number of nitrogens with zero attached hydrogens (tertiary/aromatic N) is 1. The van der Waals surface area contributed by atoms with Crippen molar-refractivity contribution in [3.05, 3.63) is 33.9 Å². The first-order valence-corrected chi connectivity index (χ1v) is 10.6. The monoisotopic (exact) mass is 397 g/mol. The van der Waals surface area contributed by atoms with Gasteiger partial charge in [-0.2, -0.15) is 0 Å². The molecule has 9 nitrogen and oxygen atoms in total. The highest BCUT2D eigenvalue weighted by Crippen LogP contribution is 2.21. The molecular formula is C17H23N3O6S. The van der Waals surface area contributed by atoms with E-state index < -0.39 is 26.4 Å². The molecule has 0 atom stereocenters. The van der Waals surface area contributed by atoms with Crippen LogP contribution in [0, 0.1) is 10.1 Å². The predicted molar refractivity (Wildman–Crippen MR) is 98.2 cm³/mol. The molecule has 1 fully saturated rings. The van der Waals surface area contributed by atoms with E-state index in [1.54, 1.807) is 0 Å². The molecule has 1 aliphatic rings. The van der Waals surface area contributed by atoms with Gasteiger partial charge >= 0.3 is 0 Å². The Morgan fingerprint density at radius 2 is 1.85 bits per heavy atom. The standard InChI is InChI=1S/C17H23N3O6S/c1-27(25,26)15-10-12(9-14(11-15)20(23)24)17(22)18-8-7-16(21)19-13-5-3-2-4-6-13/h9-11,13H,2-8H2,1H3,(H,18,22)(H,19,21). The van der Waals surface area contributed by atoms with Crippen LogP contribution in [-0.4, -0.2) is 44.0 Å². The normalized spacial score (nSPS) is 15.1. The van der Waals surface area contributed by atoms with E-state index in [1.807, 2.05) is 0 Å². The van der Waals surface area contributed by atoms with Crippen molar-refractivity contribution in [2.45, 2.75) is 49.5 Å². The Labute approximate surface area is 157 Å². The van der Waals surface area contributed by atoms with Crippen LogP contribution in [0.15, 0.2) is 23.1 Å². The topological polar surface area (TPSA) is 135 Å². The summed E-state index contributed by atoms with van der Waals surface area (Å²) in [5, 5.41) is 16.4. The Morgan fingerprint density at radius 1 is 1.19 bits per heavy atom. The van der Waals surface area contributed by atoms with E-state index in [9.17, 15) is 28.1 Å². The fourth-order valence-corrected chi connectivity index (χ4v) is 3.65. The molecule has 2 N–H and O–H groups in total. The molecule has 1 saturated carbocycles. The van der Waals surface area contributed by atoms with Gasteiger partial charge in [0.15, 0.2) is 9.84 Å². The first kappa shape index (κ1) is 20.8. The van der Waals surface area contributed by atoms with Crippen molar-refractivity contribution in [2.75, 3.05) is 12.8 Å². The van der Waals surface area contributed by atoms with Gasteiger partial charge in [0.1, 0.15) is 0 Å². The lowest BCUT2D eigenvalue weighted by Gasteiger charge is -2.22. The zero-order valence-corrected chi connectivity index (χ0v) is 15.9. The van der Waals surface area contributed by atoms with E-state index in [0.29, 0.717) is 0 Å². The second-order valence-electron chi connectivity index (χ2n) is 6.65. The van der Waals surface area contributed by atoms with Gasteiger partial charge in [-0.25, -0.2) is 8.42 Å². The quantitative estimate of drug-likeness (QED) is 0.529. The third kappa shape index (κ3) is 6.31. The van der Waals surface area contributed by atoms with Gasteiger partial charge < -0.3 is 10.6 Å². The maximum absolute atomic E-state index is 12.2. The molecule has 0 aliphatic heterocycles. The Kier molecular flexibility index (Phi) is 6.89. The summed E-state index contributed by atoms with van der Waals surface area (Å²) < 4.78 is 23.3. The maximum Gasteiger partial charge on any atom is 0.271 e. The molecule has 148 valence electrons. The molecule has 1 aromatic rings. The summed E-state index contributed by atoms with van der Waals surface area (Å²) in [6.45, 7) is 0.0499. The van der Waals surface area contributed by atoms with Crippen LogP contribution in [0.25, 0.3) is 0 Å². The first-order valence-electron chi connectivity index (χ1n) is 8.74. The van der Waals surface area contributed by atoms with Gasteiger partial charge in [-0.1, -0.05) is 19.3 Å². The molecule has 27 heavy (non-hydrogen) atoms. The molecular weight excluding hydrogens is 374 g/mol. The number of amides is 2. The smallest absolute Gasteiger partial charge is 0.271 e. The number of nitrogens with one attached hydrogen (secondary N) is 2. The van der Waals surface area contributed by atoms with E-state index in [1.165, 1.54) is 6.42 Å². The maximum atomic E-state index is 12.2. The van der Waals surface area contributed by atoms with E-state index in [-0.39, 0.29) is 35.4 Å². The first-order chi connectivity index (χ1) is 12.7. The van der Waals surface area contributed by atoms with Crippen molar-refractivity contribution >= 4 is 27.3 Å². The van der Waals surface area contributed by atoms with Gasteiger partial charge in [0.05, 0.1) is 9.82 Å². The summed E-state index contributed by atoms with van der Waals surface area (Å²) in [5.41, 5.74) is -0.629. The lowest BCUT2D eigenvalue weighted by molar-refractivity contribution is -0.385. The van der Waals surface area contributed by atoms with Crippen LogP contribution in [0.4, 0.5) is 5.69 Å². The SMILES string of the molecule is CS(=O)(=O)c1cc(C(=O)NCCC(=O)NC2CCCCC2)cc([N+](=O)[O-])c1. The number of hydrogen-bond donors (Lipinski definition) is 2. The second-order valence-corrected chi connectivity index (χ2v) is 8.67. The molecule has 2 amide bonds. The number of benzene rings is 1. The number of hydrogen-bond acceptors (Lipinski definition) is 6. The lowest BCUT2D eigenvalue weighted by Crippen LogP contribution is -2.38. The fraction of sp³-hybridized carbons (Fsp3) is 0.529. The van der Waals surface area contributed by atoms with Crippen molar-refractivity contribution < 1.29 is 22.9 Å². The molecule has 0 bridgehead atoms. The number of non-ortho nitro benzene ring substituents is 1. The van der Waals surface area contributed by atoms with E-state index in [4.69, 9.17) is 0 Å². The van der Waals surface area contributed by atoms with Crippen LogP contribution in [-0.2, 0) is 14.6 Å². The van der Waals surface area contributed by atoms with Gasteiger partial charge in [0.25, 0.3) is 11.6 Å². The van der Waals surface area contributed by atoms with Gasteiger partial charge in [-0.3, -0.25) is 19.7 Å². The molecule has 2 rings (SSSR count). The Morgan fingerprint density at radius 3 is 2.44 bits per heavy atom. The Hall–Kier alpha value is -2.49. The van der Waals surface area contributed by atoms with Crippen LogP contribution in [0.3, 0.4) is 0 Å². The van der Waals surface area contributed by atoms with Crippen molar-refractivity contribution in [1.29, 1.82) is 0 Å². The van der Waals surface area contributed by atoms with E-state index in [0.717, 1.165) is 50.1 Å². The van der Waals surface area contributed by atoms with Crippen molar-refractivity contribution in [1.82, 2.24) is 10.6 Å². The summed E-state index contributed by atoms with van der Waals surface area (Å²) in [6, 6.07) is 3.17. The minimum Gasteiger partial charge on any atom is -0.353 e. The van der Waals surface area contributed by atoms with Gasteiger partial charge in [-0.05, 0) is 18.9 Å². The molecule has 0 radical (unpaired) electrons. The van der Waals surface area contributed by atoms with Crippen LogP contribution >= 0.6 is 0 Å². The third-order valence-electron chi connectivity index (χ3n) is 4.40. The van der Waals surface area contributed by atoms with Crippen LogP contribution in [0.2, 0.25) is 0 Å². The number of carbonyl (C=O) groups excluding carboxylic acids is 2. The average Bonchev–Trinajstić information content (AvgIpc) is 2.61. The Bertz CT molecular complexity index is 831. The largest absolute Gasteiger partial charge is 0.353 e. The van der Waals surface area contributed by atoms with Crippen LogP contribution in [0.1, 0.15) is 48.9 Å². The van der Waals surface area contributed by atoms with E-state index >= 15 is 0 Å². The number of nitro groups is 1. The number of carbonyl (C=O) groups is 2. The third-order valence-corrected chi connectivity index (χ3v) is 5.49. The average molecular weight is 397 g/mol.